The molecule has 1 saturated carbocycles. The van der Waals surface area contributed by atoms with Crippen molar-refractivity contribution >= 4 is 17.5 Å². The molecule has 3 aromatic rings. The van der Waals surface area contributed by atoms with E-state index in [0.717, 1.165) is 25.7 Å². The normalized spacial score (nSPS) is 16.5. The summed E-state index contributed by atoms with van der Waals surface area (Å²) in [5, 5.41) is 3.21. The van der Waals surface area contributed by atoms with Crippen LogP contribution < -0.4 is 19.7 Å². The first-order chi connectivity index (χ1) is 16.7. The highest BCUT2D eigenvalue weighted by molar-refractivity contribution is 6.08. The minimum absolute atomic E-state index is 0.105. The van der Waals surface area contributed by atoms with E-state index in [0.29, 0.717) is 36.0 Å². The third-order valence-corrected chi connectivity index (χ3v) is 6.33. The molecule has 0 unspecified atom stereocenters. The van der Waals surface area contributed by atoms with Gasteiger partial charge in [0.15, 0.2) is 17.3 Å². The van der Waals surface area contributed by atoms with Crippen molar-refractivity contribution < 1.29 is 23.5 Å². The van der Waals surface area contributed by atoms with Gasteiger partial charge in [-0.2, -0.15) is 0 Å². The molecule has 0 radical (unpaired) electrons. The monoisotopic (exact) mass is 460 g/mol. The van der Waals surface area contributed by atoms with Crippen LogP contribution in [0.15, 0.2) is 71.3 Å². The fourth-order valence-electron chi connectivity index (χ4n) is 4.66. The quantitative estimate of drug-likeness (QED) is 0.567. The van der Waals surface area contributed by atoms with Crippen LogP contribution in [-0.4, -0.2) is 31.1 Å². The van der Waals surface area contributed by atoms with Crippen molar-refractivity contribution in [3.63, 3.8) is 0 Å². The Balaban J connectivity index is 1.58. The lowest BCUT2D eigenvalue weighted by Gasteiger charge is -2.33. The Bertz CT molecular complexity index is 1120. The van der Waals surface area contributed by atoms with Crippen LogP contribution in [0.25, 0.3) is 0 Å². The minimum Gasteiger partial charge on any atom is -0.486 e. The number of carbonyl (C=O) groups is 2. The van der Waals surface area contributed by atoms with E-state index in [4.69, 9.17) is 13.9 Å². The number of nitrogens with one attached hydrogen (secondary N) is 1. The van der Waals surface area contributed by atoms with E-state index < -0.39 is 11.9 Å². The van der Waals surface area contributed by atoms with Gasteiger partial charge in [0.25, 0.3) is 5.91 Å². The number of hydrogen-bond donors (Lipinski definition) is 1. The highest BCUT2D eigenvalue weighted by atomic mass is 16.6. The highest BCUT2D eigenvalue weighted by Gasteiger charge is 2.36. The minimum atomic E-state index is -0.886. The molecule has 2 amide bonds. The van der Waals surface area contributed by atoms with Crippen LogP contribution >= 0.6 is 0 Å². The second-order valence-corrected chi connectivity index (χ2v) is 8.64. The summed E-state index contributed by atoms with van der Waals surface area (Å²) in [5.41, 5.74) is 1.24. The number of furan rings is 1. The number of rotatable bonds is 6. The number of carbonyl (C=O) groups excluding carboxylic acids is 2. The van der Waals surface area contributed by atoms with Gasteiger partial charge in [-0.05, 0) is 42.7 Å². The van der Waals surface area contributed by atoms with E-state index in [1.165, 1.54) is 17.6 Å². The van der Waals surface area contributed by atoms with Crippen LogP contribution in [0, 0.1) is 0 Å². The first-order valence-corrected chi connectivity index (χ1v) is 11.8. The smallest absolute Gasteiger partial charge is 0.294 e. The average molecular weight is 461 g/mol. The topological polar surface area (TPSA) is 81.0 Å². The molecular formula is C27H28N2O5. The first kappa shape index (κ1) is 22.1. The van der Waals surface area contributed by atoms with Crippen molar-refractivity contribution in [1.82, 2.24) is 5.32 Å². The van der Waals surface area contributed by atoms with Crippen LogP contribution in [0.3, 0.4) is 0 Å². The third-order valence-electron chi connectivity index (χ3n) is 6.33. The molecule has 2 aromatic carbocycles. The van der Waals surface area contributed by atoms with Crippen LogP contribution in [0.2, 0.25) is 0 Å². The van der Waals surface area contributed by atoms with Crippen molar-refractivity contribution in [2.45, 2.75) is 44.2 Å². The van der Waals surface area contributed by atoms with Gasteiger partial charge < -0.3 is 19.2 Å². The van der Waals surface area contributed by atoms with E-state index in [1.807, 2.05) is 30.3 Å². The lowest BCUT2D eigenvalue weighted by Crippen LogP contribution is -2.47. The molecule has 1 atom stereocenters. The molecule has 2 aliphatic rings. The summed E-state index contributed by atoms with van der Waals surface area (Å²) in [6.45, 7) is 0.894. The number of amides is 2. The highest BCUT2D eigenvalue weighted by Crippen LogP contribution is 2.38. The van der Waals surface area contributed by atoms with Crippen molar-refractivity contribution in [3.8, 4) is 11.5 Å². The molecular weight excluding hydrogens is 432 g/mol. The van der Waals surface area contributed by atoms with Gasteiger partial charge in [0.2, 0.25) is 5.91 Å². The molecule has 34 heavy (non-hydrogen) atoms. The van der Waals surface area contributed by atoms with Crippen molar-refractivity contribution in [2.24, 2.45) is 0 Å². The Morgan fingerprint density at radius 1 is 0.882 bits per heavy atom. The van der Waals surface area contributed by atoms with E-state index in [9.17, 15) is 9.59 Å². The molecule has 0 bridgehead atoms. The first-order valence-electron chi connectivity index (χ1n) is 11.8. The summed E-state index contributed by atoms with van der Waals surface area (Å²) in [5.74, 6) is 0.687. The van der Waals surface area contributed by atoms with Gasteiger partial charge in [-0.15, -0.1) is 0 Å². The molecule has 1 N–H and O–H groups in total. The zero-order valence-corrected chi connectivity index (χ0v) is 18.9. The van der Waals surface area contributed by atoms with Gasteiger partial charge in [-0.25, -0.2) is 0 Å². The number of nitrogens with zero attached hydrogens (tertiary/aromatic N) is 1. The van der Waals surface area contributed by atoms with Crippen LogP contribution in [0.1, 0.15) is 54.3 Å². The molecule has 7 heteroatoms. The summed E-state index contributed by atoms with van der Waals surface area (Å²) in [4.78, 5) is 29.1. The maximum atomic E-state index is 13.8. The van der Waals surface area contributed by atoms with E-state index in [2.05, 4.69) is 5.32 Å². The molecule has 7 nitrogen and oxygen atoms in total. The molecule has 1 aliphatic carbocycles. The summed E-state index contributed by atoms with van der Waals surface area (Å²) < 4.78 is 16.9. The van der Waals surface area contributed by atoms with Crippen LogP contribution in [0.5, 0.6) is 11.5 Å². The van der Waals surface area contributed by atoms with Gasteiger partial charge in [0.1, 0.15) is 19.3 Å². The molecule has 5 rings (SSSR count). The van der Waals surface area contributed by atoms with Gasteiger partial charge in [-0.1, -0.05) is 49.6 Å². The second kappa shape index (κ2) is 10.0. The van der Waals surface area contributed by atoms with Gasteiger partial charge in [0, 0.05) is 17.8 Å². The molecule has 1 aliphatic heterocycles. The summed E-state index contributed by atoms with van der Waals surface area (Å²) in [6, 6.07) is 17.1. The largest absolute Gasteiger partial charge is 0.486 e. The average Bonchev–Trinajstić information content (AvgIpc) is 3.43. The Morgan fingerprint density at radius 3 is 2.38 bits per heavy atom. The van der Waals surface area contributed by atoms with Crippen LogP contribution in [-0.2, 0) is 4.79 Å². The third kappa shape index (κ3) is 4.64. The molecule has 0 saturated heterocycles. The van der Waals surface area contributed by atoms with Crippen LogP contribution in [0.4, 0.5) is 5.69 Å². The number of ether oxygens (including phenoxy) is 2. The zero-order chi connectivity index (χ0) is 23.3. The number of hydrogen-bond acceptors (Lipinski definition) is 5. The van der Waals surface area contributed by atoms with Crippen molar-refractivity contribution in [3.05, 3.63) is 78.3 Å². The Morgan fingerprint density at radius 2 is 1.65 bits per heavy atom. The van der Waals surface area contributed by atoms with Gasteiger partial charge in [0.05, 0.1) is 6.26 Å². The number of fused-ring (bicyclic) bond motifs is 1. The molecule has 176 valence electrons. The summed E-state index contributed by atoms with van der Waals surface area (Å²) >= 11 is 0. The van der Waals surface area contributed by atoms with E-state index >= 15 is 0 Å². The molecule has 1 fully saturated rings. The summed E-state index contributed by atoms with van der Waals surface area (Å²) in [7, 11) is 0. The van der Waals surface area contributed by atoms with Gasteiger partial charge >= 0.3 is 0 Å². The van der Waals surface area contributed by atoms with E-state index in [1.54, 1.807) is 30.3 Å². The predicted octanol–water partition coefficient (Wildman–Crippen LogP) is 4.89. The van der Waals surface area contributed by atoms with E-state index in [-0.39, 0.29) is 17.7 Å². The fourth-order valence-corrected chi connectivity index (χ4v) is 4.66. The molecule has 2 heterocycles. The molecule has 1 aromatic heterocycles. The zero-order valence-electron chi connectivity index (χ0n) is 18.9. The second-order valence-electron chi connectivity index (χ2n) is 8.64. The Labute approximate surface area is 198 Å². The summed E-state index contributed by atoms with van der Waals surface area (Å²) in [6.07, 6.45) is 6.73. The lowest BCUT2D eigenvalue weighted by atomic mass is 9.94. The SMILES string of the molecule is O=C(NC1CCCCC1)[C@H](c1ccccc1)N(C(=O)c1ccco1)c1ccc2c(c1)OCCO2. The lowest BCUT2D eigenvalue weighted by molar-refractivity contribution is -0.123. The number of anilines is 1. The van der Waals surface area contributed by atoms with Crippen molar-refractivity contribution in [2.75, 3.05) is 18.1 Å². The predicted molar refractivity (Wildman–Crippen MR) is 127 cm³/mol. The molecule has 0 spiro atoms. The van der Waals surface area contributed by atoms with Gasteiger partial charge in [-0.3, -0.25) is 14.5 Å². The standard InChI is InChI=1S/C27H28N2O5/c30-26(28-20-10-5-2-6-11-20)25(19-8-3-1-4-9-19)29(27(31)23-12-7-15-32-23)21-13-14-22-24(18-21)34-17-16-33-22/h1,3-4,7-9,12-15,18,20,25H,2,5-6,10-11,16-17H2,(H,28,30)/t25-/m0/s1. The Kier molecular flexibility index (Phi) is 6.51. The fraction of sp³-hybridized carbons (Fsp3) is 0.333. The maximum absolute atomic E-state index is 13.8. The van der Waals surface area contributed by atoms with Crippen molar-refractivity contribution in [1.29, 1.82) is 0 Å². The Hall–Kier alpha value is -3.74. The maximum Gasteiger partial charge on any atom is 0.294 e. The number of benzene rings is 2.